The van der Waals surface area contributed by atoms with E-state index in [2.05, 4.69) is 10.6 Å². The van der Waals surface area contributed by atoms with Crippen LogP contribution in [0.5, 0.6) is 0 Å². The summed E-state index contributed by atoms with van der Waals surface area (Å²) in [5.74, 6) is -0.256. The van der Waals surface area contributed by atoms with Crippen LogP contribution in [0.4, 0.5) is 5.69 Å². The van der Waals surface area contributed by atoms with E-state index in [0.717, 1.165) is 16.8 Å². The van der Waals surface area contributed by atoms with Gasteiger partial charge in [0.25, 0.3) is 0 Å². The molecule has 118 valence electrons. The molecule has 0 unspecified atom stereocenters. The number of thiocarbonyl (C=S) groups is 1. The molecule has 0 radical (unpaired) electrons. The lowest BCUT2D eigenvalue weighted by Gasteiger charge is -2.12. The number of benzene rings is 2. The molecule has 0 aliphatic carbocycles. The molecule has 2 rings (SSSR count). The van der Waals surface area contributed by atoms with E-state index < -0.39 is 0 Å². The Hall–Kier alpha value is -2.46. The van der Waals surface area contributed by atoms with Crippen molar-refractivity contribution in [3.05, 3.63) is 70.8 Å². The molecule has 2 N–H and O–H groups in total. The zero-order valence-corrected chi connectivity index (χ0v) is 14.3. The summed E-state index contributed by atoms with van der Waals surface area (Å²) in [6.07, 6.45) is 3.23. The van der Waals surface area contributed by atoms with E-state index in [1.54, 1.807) is 6.08 Å². The first-order valence-corrected chi connectivity index (χ1v) is 7.79. The van der Waals surface area contributed by atoms with Crippen LogP contribution in [0.25, 0.3) is 6.08 Å². The van der Waals surface area contributed by atoms with Gasteiger partial charge in [0.05, 0.1) is 0 Å². The lowest BCUT2D eigenvalue weighted by atomic mass is 10.1. The minimum Gasteiger partial charge on any atom is -0.332 e. The molecule has 0 fully saturated rings. The fraction of sp³-hybridized carbons (Fsp3) is 0.158. The average Bonchev–Trinajstić information content (AvgIpc) is 2.51. The molecule has 0 heterocycles. The molecule has 3 nitrogen and oxygen atoms in total. The molecule has 2 aromatic carbocycles. The van der Waals surface area contributed by atoms with Gasteiger partial charge in [0.2, 0.25) is 5.91 Å². The standard InChI is InChI=1S/C19H20N2OS/c1-13-7-9-16(10-8-13)11-12-18(22)21-19(23)20-17-6-4-5-14(2)15(17)3/h4-12H,1-3H3,(H2,20,21,22,23). The molecule has 0 aliphatic heterocycles. The van der Waals surface area contributed by atoms with Crippen molar-refractivity contribution in [2.75, 3.05) is 5.32 Å². The minimum atomic E-state index is -0.256. The van der Waals surface area contributed by atoms with Crippen molar-refractivity contribution in [2.24, 2.45) is 0 Å². The third kappa shape index (κ3) is 5.04. The predicted octanol–water partition coefficient (Wildman–Crippen LogP) is 4.14. The second-order valence-corrected chi connectivity index (χ2v) is 5.84. The zero-order valence-electron chi connectivity index (χ0n) is 13.5. The van der Waals surface area contributed by atoms with E-state index in [1.165, 1.54) is 17.2 Å². The highest BCUT2D eigenvalue weighted by Crippen LogP contribution is 2.17. The molecule has 23 heavy (non-hydrogen) atoms. The van der Waals surface area contributed by atoms with Crippen LogP contribution < -0.4 is 10.6 Å². The van der Waals surface area contributed by atoms with Gasteiger partial charge < -0.3 is 5.32 Å². The topological polar surface area (TPSA) is 41.1 Å². The van der Waals surface area contributed by atoms with Gasteiger partial charge in [-0.15, -0.1) is 0 Å². The Labute approximate surface area is 142 Å². The zero-order chi connectivity index (χ0) is 16.8. The maximum absolute atomic E-state index is 11.9. The smallest absolute Gasteiger partial charge is 0.250 e. The van der Waals surface area contributed by atoms with Gasteiger partial charge in [-0.2, -0.15) is 0 Å². The van der Waals surface area contributed by atoms with Gasteiger partial charge >= 0.3 is 0 Å². The highest BCUT2D eigenvalue weighted by molar-refractivity contribution is 7.80. The molecule has 0 saturated heterocycles. The number of anilines is 1. The molecule has 0 aliphatic rings. The van der Waals surface area contributed by atoms with Gasteiger partial charge in [-0.05, 0) is 61.8 Å². The maximum atomic E-state index is 11.9. The Morgan fingerprint density at radius 2 is 1.74 bits per heavy atom. The highest BCUT2D eigenvalue weighted by Gasteiger charge is 2.04. The summed E-state index contributed by atoms with van der Waals surface area (Å²) in [7, 11) is 0. The van der Waals surface area contributed by atoms with Crippen molar-refractivity contribution in [3.8, 4) is 0 Å². The van der Waals surface area contributed by atoms with Crippen molar-refractivity contribution in [1.29, 1.82) is 0 Å². The van der Waals surface area contributed by atoms with Crippen molar-refractivity contribution in [2.45, 2.75) is 20.8 Å². The Morgan fingerprint density at radius 3 is 2.43 bits per heavy atom. The maximum Gasteiger partial charge on any atom is 0.250 e. The molecule has 0 saturated carbocycles. The number of amides is 1. The third-order valence-electron chi connectivity index (χ3n) is 3.59. The normalized spacial score (nSPS) is 10.6. The van der Waals surface area contributed by atoms with E-state index in [9.17, 15) is 4.79 Å². The Morgan fingerprint density at radius 1 is 1.04 bits per heavy atom. The molecule has 0 bridgehead atoms. The average molecular weight is 324 g/mol. The van der Waals surface area contributed by atoms with E-state index >= 15 is 0 Å². The number of hydrogen-bond acceptors (Lipinski definition) is 2. The summed E-state index contributed by atoms with van der Waals surface area (Å²) in [4.78, 5) is 11.9. The summed E-state index contributed by atoms with van der Waals surface area (Å²) in [6, 6.07) is 13.9. The Kier molecular flexibility index (Phi) is 5.66. The van der Waals surface area contributed by atoms with Crippen LogP contribution in [-0.2, 0) is 4.79 Å². The number of carbonyl (C=O) groups is 1. The van der Waals surface area contributed by atoms with E-state index in [0.29, 0.717) is 0 Å². The van der Waals surface area contributed by atoms with E-state index in [-0.39, 0.29) is 11.0 Å². The van der Waals surface area contributed by atoms with Crippen LogP contribution in [0.2, 0.25) is 0 Å². The lowest BCUT2D eigenvalue weighted by molar-refractivity contribution is -0.115. The van der Waals surface area contributed by atoms with Crippen LogP contribution >= 0.6 is 12.2 Å². The van der Waals surface area contributed by atoms with Gasteiger partial charge in [0.1, 0.15) is 0 Å². The van der Waals surface area contributed by atoms with Crippen molar-refractivity contribution < 1.29 is 4.79 Å². The lowest BCUT2D eigenvalue weighted by Crippen LogP contribution is -2.33. The second kappa shape index (κ2) is 7.70. The number of aryl methyl sites for hydroxylation is 2. The third-order valence-corrected chi connectivity index (χ3v) is 3.80. The highest BCUT2D eigenvalue weighted by atomic mass is 32.1. The summed E-state index contributed by atoms with van der Waals surface area (Å²) >= 11 is 5.19. The van der Waals surface area contributed by atoms with Gasteiger partial charge in [0.15, 0.2) is 5.11 Å². The first-order chi connectivity index (χ1) is 11.0. The van der Waals surface area contributed by atoms with Crippen molar-refractivity contribution >= 4 is 35.0 Å². The molecule has 2 aromatic rings. The fourth-order valence-corrected chi connectivity index (χ4v) is 2.25. The van der Waals surface area contributed by atoms with Crippen LogP contribution in [0, 0.1) is 20.8 Å². The van der Waals surface area contributed by atoms with Gasteiger partial charge in [-0.3, -0.25) is 10.1 Å². The molecular weight excluding hydrogens is 304 g/mol. The summed E-state index contributed by atoms with van der Waals surface area (Å²) in [5.41, 5.74) is 5.34. The summed E-state index contributed by atoms with van der Waals surface area (Å²) in [6.45, 7) is 6.07. The van der Waals surface area contributed by atoms with E-state index in [4.69, 9.17) is 12.2 Å². The predicted molar refractivity (Wildman–Crippen MR) is 100 cm³/mol. The molecule has 0 atom stereocenters. The van der Waals surface area contributed by atoms with Crippen molar-refractivity contribution in [1.82, 2.24) is 5.32 Å². The number of rotatable bonds is 3. The fourth-order valence-electron chi connectivity index (χ4n) is 2.04. The van der Waals surface area contributed by atoms with Crippen LogP contribution in [0.15, 0.2) is 48.5 Å². The molecule has 4 heteroatoms. The van der Waals surface area contributed by atoms with Gasteiger partial charge in [0, 0.05) is 11.8 Å². The van der Waals surface area contributed by atoms with Crippen molar-refractivity contribution in [3.63, 3.8) is 0 Å². The number of hydrogen-bond donors (Lipinski definition) is 2. The van der Waals surface area contributed by atoms with Crippen LogP contribution in [0.3, 0.4) is 0 Å². The number of nitrogens with one attached hydrogen (secondary N) is 2. The molecular formula is C19H20N2OS. The quantitative estimate of drug-likeness (QED) is 0.658. The monoisotopic (exact) mass is 324 g/mol. The Balaban J connectivity index is 1.93. The molecule has 1 amide bonds. The first-order valence-electron chi connectivity index (χ1n) is 7.38. The van der Waals surface area contributed by atoms with Gasteiger partial charge in [-0.25, -0.2) is 0 Å². The molecule has 0 spiro atoms. The second-order valence-electron chi connectivity index (χ2n) is 5.43. The minimum absolute atomic E-state index is 0.256. The van der Waals surface area contributed by atoms with Crippen LogP contribution in [-0.4, -0.2) is 11.0 Å². The first kappa shape index (κ1) is 16.9. The Bertz CT molecular complexity index is 748. The summed E-state index contributed by atoms with van der Waals surface area (Å²) < 4.78 is 0. The molecule has 0 aromatic heterocycles. The summed E-state index contributed by atoms with van der Waals surface area (Å²) in [5, 5.41) is 5.99. The number of carbonyl (C=O) groups excluding carboxylic acids is 1. The van der Waals surface area contributed by atoms with E-state index in [1.807, 2.05) is 63.2 Å². The SMILES string of the molecule is Cc1ccc(C=CC(=O)NC(=S)Nc2cccc(C)c2C)cc1. The van der Waals surface area contributed by atoms with Crippen LogP contribution in [0.1, 0.15) is 22.3 Å². The van der Waals surface area contributed by atoms with Gasteiger partial charge in [-0.1, -0.05) is 42.0 Å². The largest absolute Gasteiger partial charge is 0.332 e.